The molecule has 0 radical (unpaired) electrons. The van der Waals surface area contributed by atoms with Crippen LogP contribution in [-0.4, -0.2) is 11.9 Å². The normalized spacial score (nSPS) is 30.0. The van der Waals surface area contributed by atoms with Gasteiger partial charge in [-0.15, -0.1) is 11.4 Å². The highest BCUT2D eigenvalue weighted by atomic mass is 32.9. The Hall–Kier alpha value is 1.21. The quantitative estimate of drug-likeness (QED) is 0.498. The number of rotatable bonds is 0. The molecule has 2 atom stereocenters. The molecule has 0 nitrogen and oxygen atoms in total. The van der Waals surface area contributed by atoms with Gasteiger partial charge >= 0.3 is 0 Å². The smallest absolute Gasteiger partial charge is 0.00250 e. The third-order valence-electron chi connectivity index (χ3n) is 1.19. The predicted octanol–water partition coefficient (Wildman–Crippen LogP) is 3.09. The van der Waals surface area contributed by atoms with E-state index in [0.717, 1.165) is 0 Å². The molecule has 0 aliphatic carbocycles. The SMILES string of the molecule is C1CCPPSCC1. The predicted molar refractivity (Wildman–Crippen MR) is 47.8 cm³/mol. The van der Waals surface area contributed by atoms with Crippen LogP contribution in [0.2, 0.25) is 0 Å². The van der Waals surface area contributed by atoms with Crippen molar-refractivity contribution in [1.29, 1.82) is 0 Å². The van der Waals surface area contributed by atoms with E-state index in [4.69, 9.17) is 0 Å². The van der Waals surface area contributed by atoms with Crippen LogP contribution in [0.25, 0.3) is 0 Å². The zero-order chi connectivity index (χ0) is 5.66. The Labute approximate surface area is 58.8 Å². The molecule has 0 saturated carbocycles. The van der Waals surface area contributed by atoms with Crippen molar-refractivity contribution >= 4 is 27.1 Å². The van der Waals surface area contributed by atoms with Gasteiger partial charge in [-0.2, -0.15) is 0 Å². The van der Waals surface area contributed by atoms with E-state index in [2.05, 4.69) is 11.4 Å². The van der Waals surface area contributed by atoms with Crippen LogP contribution >= 0.6 is 27.1 Å². The molecule has 1 saturated heterocycles. The molecule has 2 unspecified atom stereocenters. The summed E-state index contributed by atoms with van der Waals surface area (Å²) in [4.78, 5) is 0. The van der Waals surface area contributed by atoms with Gasteiger partial charge in [0, 0.05) is 0 Å². The molecule has 0 amide bonds. The highest BCUT2D eigenvalue weighted by Crippen LogP contribution is 2.49. The first-order chi connectivity index (χ1) is 4.00. The largest absolute Gasteiger partial charge is 0.133 e. The lowest BCUT2D eigenvalue weighted by Gasteiger charge is -2.05. The van der Waals surface area contributed by atoms with Gasteiger partial charge in [0.2, 0.25) is 0 Å². The lowest BCUT2D eigenvalue weighted by atomic mass is 10.3. The molecule has 1 aliphatic rings. The van der Waals surface area contributed by atoms with Gasteiger partial charge in [0.15, 0.2) is 0 Å². The molecule has 0 spiro atoms. The third-order valence-corrected chi connectivity index (χ3v) is 7.40. The van der Waals surface area contributed by atoms with Crippen molar-refractivity contribution in [2.45, 2.75) is 19.3 Å². The Kier molecular flexibility index (Phi) is 4.60. The molecule has 0 N–H and O–H groups in total. The van der Waals surface area contributed by atoms with Crippen molar-refractivity contribution in [3.8, 4) is 0 Å². The maximum absolute atomic E-state index is 2.17. The maximum Gasteiger partial charge on any atom is -0.00250 e. The Balaban J connectivity index is 2.00. The van der Waals surface area contributed by atoms with Gasteiger partial charge in [-0.05, 0) is 32.2 Å². The first kappa shape index (κ1) is 7.32. The molecule has 1 heterocycles. The summed E-state index contributed by atoms with van der Waals surface area (Å²) in [7, 11) is 2.52. The van der Waals surface area contributed by atoms with Crippen LogP contribution in [0.15, 0.2) is 0 Å². The van der Waals surface area contributed by atoms with Crippen molar-refractivity contribution in [3.63, 3.8) is 0 Å². The second-order valence-corrected chi connectivity index (χ2v) is 8.07. The van der Waals surface area contributed by atoms with Crippen LogP contribution in [0.3, 0.4) is 0 Å². The summed E-state index contributed by atoms with van der Waals surface area (Å²) in [6.07, 6.45) is 5.99. The molecule has 0 bridgehead atoms. The second-order valence-electron chi connectivity index (χ2n) is 1.94. The fourth-order valence-corrected chi connectivity index (χ4v) is 6.44. The highest BCUT2D eigenvalue weighted by molar-refractivity contribution is 8.67. The van der Waals surface area contributed by atoms with Crippen molar-refractivity contribution in [2.75, 3.05) is 11.9 Å². The topological polar surface area (TPSA) is 0 Å². The molecule has 8 heavy (non-hydrogen) atoms. The minimum atomic E-state index is 1.23. The minimum absolute atomic E-state index is 1.23. The zero-order valence-corrected chi connectivity index (χ0v) is 7.76. The van der Waals surface area contributed by atoms with E-state index in [-0.39, 0.29) is 0 Å². The second kappa shape index (κ2) is 5.03. The maximum atomic E-state index is 2.17. The van der Waals surface area contributed by atoms with Crippen LogP contribution in [0.1, 0.15) is 19.3 Å². The average Bonchev–Trinajstić information content (AvgIpc) is 1.62. The molecule has 0 aromatic carbocycles. The van der Waals surface area contributed by atoms with Gasteiger partial charge in [0.1, 0.15) is 0 Å². The zero-order valence-electron chi connectivity index (χ0n) is 4.94. The Morgan fingerprint density at radius 2 is 2.12 bits per heavy atom. The van der Waals surface area contributed by atoms with Gasteiger partial charge in [-0.3, -0.25) is 0 Å². The van der Waals surface area contributed by atoms with E-state index in [0.29, 0.717) is 0 Å². The molecule has 48 valence electrons. The van der Waals surface area contributed by atoms with E-state index in [1.165, 1.54) is 46.9 Å². The monoisotopic (exact) mass is 166 g/mol. The summed E-state index contributed by atoms with van der Waals surface area (Å²) in [6, 6.07) is 0. The van der Waals surface area contributed by atoms with Crippen molar-refractivity contribution < 1.29 is 0 Å². The number of hydrogen-bond donors (Lipinski definition) is 0. The lowest BCUT2D eigenvalue weighted by molar-refractivity contribution is 0.786. The van der Waals surface area contributed by atoms with Crippen LogP contribution in [0.4, 0.5) is 0 Å². The Morgan fingerprint density at radius 3 is 3.12 bits per heavy atom. The molecule has 0 aromatic heterocycles. The average molecular weight is 166 g/mol. The summed E-state index contributed by atoms with van der Waals surface area (Å²) in [6.45, 7) is 0. The van der Waals surface area contributed by atoms with E-state index in [9.17, 15) is 0 Å². The molecule has 1 fully saturated rings. The van der Waals surface area contributed by atoms with Crippen LogP contribution in [-0.2, 0) is 0 Å². The van der Waals surface area contributed by atoms with E-state index in [1.54, 1.807) is 0 Å². The Morgan fingerprint density at radius 1 is 1.12 bits per heavy atom. The molecule has 1 rings (SSSR count). The first-order valence-electron chi connectivity index (χ1n) is 3.10. The van der Waals surface area contributed by atoms with E-state index < -0.39 is 0 Å². The van der Waals surface area contributed by atoms with Crippen LogP contribution in [0.5, 0.6) is 0 Å². The highest BCUT2D eigenvalue weighted by Gasteiger charge is 1.95. The molecule has 1 aliphatic heterocycles. The summed E-state index contributed by atoms with van der Waals surface area (Å²) in [5.41, 5.74) is 0. The van der Waals surface area contributed by atoms with E-state index >= 15 is 0 Å². The van der Waals surface area contributed by atoms with Gasteiger partial charge in [0.05, 0.1) is 0 Å². The van der Waals surface area contributed by atoms with Gasteiger partial charge < -0.3 is 0 Å². The summed E-state index contributed by atoms with van der Waals surface area (Å²) in [5.74, 6) is 1.44. The van der Waals surface area contributed by atoms with Crippen molar-refractivity contribution in [2.24, 2.45) is 0 Å². The van der Waals surface area contributed by atoms with E-state index in [1.807, 2.05) is 0 Å². The van der Waals surface area contributed by atoms with Crippen molar-refractivity contribution in [1.82, 2.24) is 0 Å². The minimum Gasteiger partial charge on any atom is -0.133 e. The van der Waals surface area contributed by atoms with Crippen LogP contribution < -0.4 is 0 Å². The fraction of sp³-hybridized carbons (Fsp3) is 1.00. The molecule has 3 heteroatoms. The summed E-state index contributed by atoms with van der Waals surface area (Å²) >= 11 is 2.17. The summed E-state index contributed by atoms with van der Waals surface area (Å²) < 4.78 is 0. The van der Waals surface area contributed by atoms with Crippen LogP contribution in [0, 0.1) is 0 Å². The molecular weight excluding hydrogens is 154 g/mol. The molecular formula is C5H12P2S. The lowest BCUT2D eigenvalue weighted by Crippen LogP contribution is -1.82. The van der Waals surface area contributed by atoms with Crippen molar-refractivity contribution in [3.05, 3.63) is 0 Å². The first-order valence-corrected chi connectivity index (χ1v) is 8.01. The number of hydrogen-bond acceptors (Lipinski definition) is 1. The van der Waals surface area contributed by atoms with Gasteiger partial charge in [-0.1, -0.05) is 14.7 Å². The molecule has 0 aromatic rings. The van der Waals surface area contributed by atoms with Gasteiger partial charge in [0.25, 0.3) is 0 Å². The summed E-state index contributed by atoms with van der Waals surface area (Å²) in [5, 5.41) is 0. The fourth-order valence-electron chi connectivity index (χ4n) is 0.717. The standard InChI is InChI=1S/C5H12P2S/c1-2-4-6-7-8-5-3-1/h6-7H,1-5H2. The third kappa shape index (κ3) is 3.28. The van der Waals surface area contributed by atoms with Gasteiger partial charge in [-0.25, -0.2) is 0 Å². The Bertz CT molecular complexity index is 34.4.